The number of allylic oxidation sites excluding steroid dienone is 4. The Morgan fingerprint density at radius 3 is 2.24 bits per heavy atom. The zero-order valence-electron chi connectivity index (χ0n) is 28.9. The number of rotatable bonds is 5. The Morgan fingerprint density at radius 1 is 0.588 bits per heavy atom. The number of furan rings is 1. The van der Waals surface area contributed by atoms with Crippen molar-refractivity contribution in [2.24, 2.45) is 0 Å². The van der Waals surface area contributed by atoms with E-state index in [1.165, 1.54) is 49.9 Å². The van der Waals surface area contributed by atoms with Crippen molar-refractivity contribution in [2.45, 2.75) is 32.1 Å². The molecule has 0 atom stereocenters. The van der Waals surface area contributed by atoms with Crippen molar-refractivity contribution >= 4 is 55.3 Å². The van der Waals surface area contributed by atoms with Crippen LogP contribution in [0.1, 0.15) is 43.4 Å². The minimum Gasteiger partial charge on any atom is -0.455 e. The van der Waals surface area contributed by atoms with Crippen LogP contribution in [0.25, 0.3) is 60.5 Å². The van der Waals surface area contributed by atoms with Crippen LogP contribution in [-0.4, -0.2) is 0 Å². The number of para-hydroxylation sites is 2. The Balaban J connectivity index is 1.23. The lowest BCUT2D eigenvalue weighted by Crippen LogP contribution is -2.17. The molecule has 0 bridgehead atoms. The molecule has 2 nitrogen and oxygen atoms in total. The Labute approximate surface area is 298 Å². The molecule has 0 unspecified atom stereocenters. The van der Waals surface area contributed by atoms with Gasteiger partial charge in [-0.05, 0) is 93.4 Å². The predicted molar refractivity (Wildman–Crippen MR) is 215 cm³/mol. The fourth-order valence-corrected chi connectivity index (χ4v) is 8.64. The molecule has 2 aliphatic rings. The highest BCUT2D eigenvalue weighted by Crippen LogP contribution is 2.52. The molecule has 0 saturated heterocycles. The lowest BCUT2D eigenvalue weighted by molar-refractivity contribution is 0.660. The van der Waals surface area contributed by atoms with Crippen LogP contribution >= 0.6 is 0 Å². The Hall–Kier alpha value is -6.12. The summed E-state index contributed by atoms with van der Waals surface area (Å²) < 4.78 is 6.53. The third kappa shape index (κ3) is 4.63. The van der Waals surface area contributed by atoms with Crippen LogP contribution in [0.15, 0.2) is 168 Å². The van der Waals surface area contributed by atoms with Crippen LogP contribution in [0, 0.1) is 0 Å². The summed E-state index contributed by atoms with van der Waals surface area (Å²) in [5, 5.41) is 4.81. The van der Waals surface area contributed by atoms with Gasteiger partial charge < -0.3 is 9.32 Å². The smallest absolute Gasteiger partial charge is 0.143 e. The van der Waals surface area contributed by atoms with Gasteiger partial charge in [0.2, 0.25) is 0 Å². The number of nitrogens with zero attached hydrogens (tertiary/aromatic N) is 1. The Kier molecular flexibility index (Phi) is 6.69. The first-order chi connectivity index (χ1) is 25.1. The molecule has 0 spiro atoms. The third-order valence-corrected chi connectivity index (χ3v) is 11.1. The zero-order valence-corrected chi connectivity index (χ0v) is 28.9. The minimum atomic E-state index is -0.116. The summed E-state index contributed by atoms with van der Waals surface area (Å²) in [5.41, 5.74) is 15.4. The van der Waals surface area contributed by atoms with Crippen molar-refractivity contribution in [2.75, 3.05) is 4.90 Å². The van der Waals surface area contributed by atoms with Crippen molar-refractivity contribution in [3.05, 3.63) is 181 Å². The third-order valence-electron chi connectivity index (χ3n) is 11.1. The highest BCUT2D eigenvalue weighted by molar-refractivity contribution is 6.10. The largest absolute Gasteiger partial charge is 0.455 e. The number of benzene rings is 7. The molecule has 0 amide bonds. The van der Waals surface area contributed by atoms with E-state index >= 15 is 0 Å². The van der Waals surface area contributed by atoms with Crippen LogP contribution in [0.2, 0.25) is 0 Å². The van der Waals surface area contributed by atoms with E-state index in [0.29, 0.717) is 0 Å². The second kappa shape index (κ2) is 11.5. The number of anilines is 3. The normalized spacial score (nSPS) is 14.5. The summed E-state index contributed by atoms with van der Waals surface area (Å²) in [6.07, 6.45) is 8.85. The fraction of sp³-hybridized carbons (Fsp3) is 0.102. The van der Waals surface area contributed by atoms with Crippen LogP contribution in [0.3, 0.4) is 0 Å². The molecule has 10 rings (SSSR count). The molecule has 244 valence electrons. The molecule has 2 heteroatoms. The molecular weight excluding hydrogens is 619 g/mol. The van der Waals surface area contributed by atoms with Crippen molar-refractivity contribution < 1.29 is 4.42 Å². The molecule has 0 saturated carbocycles. The van der Waals surface area contributed by atoms with Gasteiger partial charge in [0, 0.05) is 38.7 Å². The first-order valence-electron chi connectivity index (χ1n) is 18.0. The van der Waals surface area contributed by atoms with E-state index in [0.717, 1.165) is 57.3 Å². The average molecular weight is 656 g/mol. The summed E-state index contributed by atoms with van der Waals surface area (Å²) in [6.45, 7) is 4.72. The monoisotopic (exact) mass is 655 g/mol. The molecule has 1 heterocycles. The fourth-order valence-electron chi connectivity index (χ4n) is 8.64. The molecular formula is C49H37NO. The summed E-state index contributed by atoms with van der Waals surface area (Å²) in [5.74, 6) is 0. The molecule has 8 aromatic rings. The first kappa shape index (κ1) is 29.8. The van der Waals surface area contributed by atoms with Gasteiger partial charge in [-0.1, -0.05) is 141 Å². The van der Waals surface area contributed by atoms with E-state index in [4.69, 9.17) is 4.42 Å². The highest BCUT2D eigenvalue weighted by atomic mass is 16.3. The van der Waals surface area contributed by atoms with E-state index in [-0.39, 0.29) is 5.41 Å². The van der Waals surface area contributed by atoms with Crippen LogP contribution < -0.4 is 4.90 Å². The quantitative estimate of drug-likeness (QED) is 0.183. The van der Waals surface area contributed by atoms with E-state index in [9.17, 15) is 0 Å². The lowest BCUT2D eigenvalue weighted by atomic mass is 9.82. The topological polar surface area (TPSA) is 16.4 Å². The van der Waals surface area contributed by atoms with Gasteiger partial charge in [0.15, 0.2) is 0 Å². The first-order valence-corrected chi connectivity index (χ1v) is 18.0. The van der Waals surface area contributed by atoms with Crippen molar-refractivity contribution in [3.63, 3.8) is 0 Å². The summed E-state index contributed by atoms with van der Waals surface area (Å²) >= 11 is 0. The number of hydrogen-bond donors (Lipinski definition) is 0. The number of hydrogen-bond acceptors (Lipinski definition) is 2. The Bertz CT molecular complexity index is 2740. The average Bonchev–Trinajstić information content (AvgIpc) is 3.67. The molecule has 0 aliphatic heterocycles. The molecule has 1 aromatic heterocycles. The molecule has 51 heavy (non-hydrogen) atoms. The Morgan fingerprint density at radius 2 is 1.33 bits per heavy atom. The molecule has 7 aromatic carbocycles. The van der Waals surface area contributed by atoms with E-state index < -0.39 is 0 Å². The SMILES string of the molecule is CC1(C)c2ccccc2-c2ccc(N(c3cccc(-c4cccc5c4oc4ccccc45)c3)c3ccc4ccccc4c3C3=CC=CCC3)cc21. The molecule has 0 N–H and O–H groups in total. The van der Waals surface area contributed by atoms with Crippen LogP contribution in [0.5, 0.6) is 0 Å². The molecule has 0 fully saturated rings. The van der Waals surface area contributed by atoms with Gasteiger partial charge in [-0.15, -0.1) is 0 Å². The molecule has 2 aliphatic carbocycles. The van der Waals surface area contributed by atoms with Gasteiger partial charge in [-0.25, -0.2) is 0 Å². The number of fused-ring (bicyclic) bond motifs is 7. The lowest BCUT2D eigenvalue weighted by Gasteiger charge is -2.31. The van der Waals surface area contributed by atoms with E-state index in [1.54, 1.807) is 0 Å². The second-order valence-corrected chi connectivity index (χ2v) is 14.4. The van der Waals surface area contributed by atoms with Crippen LogP contribution in [-0.2, 0) is 5.41 Å². The summed E-state index contributed by atoms with van der Waals surface area (Å²) in [6, 6.07) is 53.2. The minimum absolute atomic E-state index is 0.116. The van der Waals surface area contributed by atoms with Gasteiger partial charge in [0.05, 0.1) is 5.69 Å². The van der Waals surface area contributed by atoms with Gasteiger partial charge in [0.1, 0.15) is 11.2 Å². The standard InChI is InChI=1S/C49H37NO/c1-49(2)43-24-10-8-20-39(43)40-28-27-36(31-44(40)49)50(45-29-26-32-14-6-7-19-37(32)47(45)33-15-4-3-5-16-33)35-18-12-17-34(30-35)38-22-13-23-42-41-21-9-11-25-46(41)51-48(38)42/h3-4,6-15,17-31H,5,16H2,1-2H3. The van der Waals surface area contributed by atoms with Gasteiger partial charge in [-0.2, -0.15) is 0 Å². The van der Waals surface area contributed by atoms with E-state index in [2.05, 4.69) is 177 Å². The van der Waals surface area contributed by atoms with Crippen molar-refractivity contribution in [3.8, 4) is 22.3 Å². The maximum atomic E-state index is 6.53. The summed E-state index contributed by atoms with van der Waals surface area (Å²) in [4.78, 5) is 2.49. The van der Waals surface area contributed by atoms with Gasteiger partial charge in [0.25, 0.3) is 0 Å². The highest BCUT2D eigenvalue weighted by Gasteiger charge is 2.36. The molecule has 0 radical (unpaired) electrons. The van der Waals surface area contributed by atoms with E-state index in [1.807, 2.05) is 6.07 Å². The zero-order chi connectivity index (χ0) is 34.1. The van der Waals surface area contributed by atoms with Gasteiger partial charge in [-0.3, -0.25) is 0 Å². The maximum Gasteiger partial charge on any atom is 0.143 e. The van der Waals surface area contributed by atoms with Gasteiger partial charge >= 0.3 is 0 Å². The predicted octanol–water partition coefficient (Wildman–Crippen LogP) is 13.9. The van der Waals surface area contributed by atoms with Crippen LogP contribution in [0.4, 0.5) is 17.1 Å². The maximum absolute atomic E-state index is 6.53. The summed E-state index contributed by atoms with van der Waals surface area (Å²) in [7, 11) is 0. The second-order valence-electron chi connectivity index (χ2n) is 14.4. The van der Waals surface area contributed by atoms with Crippen molar-refractivity contribution in [1.82, 2.24) is 0 Å². The van der Waals surface area contributed by atoms with Crippen molar-refractivity contribution in [1.29, 1.82) is 0 Å².